The maximum absolute atomic E-state index is 12.7. The summed E-state index contributed by atoms with van der Waals surface area (Å²) in [6, 6.07) is 4.75. The Bertz CT molecular complexity index is 768. The van der Waals surface area contributed by atoms with E-state index in [0.717, 1.165) is 11.1 Å². The van der Waals surface area contributed by atoms with Crippen molar-refractivity contribution in [3.05, 3.63) is 39.4 Å². The average Bonchev–Trinajstić information content (AvgIpc) is 2.55. The van der Waals surface area contributed by atoms with Crippen LogP contribution in [0.3, 0.4) is 0 Å². The number of rotatable bonds is 3. The molecule has 0 bridgehead atoms. The number of carbonyl (C=O) groups is 2. The standard InChI is InChI=1S/C20H25Cl2NO4/c1-6-26-18(24)17-12(2)23(19(25)27-20(3,4)5)10-9-14(17)13-7-8-15(21)16(22)11-13/h7-8,11-12H,6,9-10H2,1-5H3. The highest BCUT2D eigenvalue weighted by atomic mass is 35.5. The lowest BCUT2D eigenvalue weighted by atomic mass is 9.89. The third kappa shape index (κ3) is 5.17. The molecule has 1 aliphatic heterocycles. The third-order valence-electron chi connectivity index (χ3n) is 4.20. The van der Waals surface area contributed by atoms with Gasteiger partial charge in [0.1, 0.15) is 5.60 Å². The van der Waals surface area contributed by atoms with Gasteiger partial charge in [-0.1, -0.05) is 29.3 Å². The van der Waals surface area contributed by atoms with Crippen molar-refractivity contribution >= 4 is 40.8 Å². The van der Waals surface area contributed by atoms with E-state index in [1.54, 1.807) is 30.9 Å². The number of esters is 1. The average molecular weight is 414 g/mol. The van der Waals surface area contributed by atoms with Gasteiger partial charge in [-0.2, -0.15) is 0 Å². The molecule has 5 nitrogen and oxygen atoms in total. The molecule has 0 fully saturated rings. The zero-order valence-electron chi connectivity index (χ0n) is 16.3. The van der Waals surface area contributed by atoms with Gasteiger partial charge in [0, 0.05) is 6.54 Å². The Labute approximate surface area is 170 Å². The molecule has 7 heteroatoms. The van der Waals surface area contributed by atoms with E-state index < -0.39 is 23.7 Å². The van der Waals surface area contributed by atoms with Crippen molar-refractivity contribution in [1.29, 1.82) is 0 Å². The van der Waals surface area contributed by atoms with Crippen molar-refractivity contribution < 1.29 is 19.1 Å². The summed E-state index contributed by atoms with van der Waals surface area (Å²) in [5.74, 6) is -0.445. The second kappa shape index (κ2) is 8.53. The minimum atomic E-state index is -0.616. The molecule has 0 aliphatic carbocycles. The summed E-state index contributed by atoms with van der Waals surface area (Å²) < 4.78 is 10.7. The predicted molar refractivity (Wildman–Crippen MR) is 107 cm³/mol. The van der Waals surface area contributed by atoms with Gasteiger partial charge in [-0.3, -0.25) is 0 Å². The first-order chi connectivity index (χ1) is 12.5. The molecule has 0 radical (unpaired) electrons. The Kier molecular flexibility index (Phi) is 6.82. The number of hydrogen-bond donors (Lipinski definition) is 0. The maximum Gasteiger partial charge on any atom is 0.410 e. The summed E-state index contributed by atoms with van der Waals surface area (Å²) in [6.45, 7) is 9.64. The lowest BCUT2D eigenvalue weighted by Crippen LogP contribution is -2.47. The SMILES string of the molecule is CCOC(=O)C1=C(c2ccc(Cl)c(Cl)c2)CCN(C(=O)OC(C)(C)C)C1C. The van der Waals surface area contributed by atoms with Gasteiger partial charge in [-0.05, 0) is 64.3 Å². The Morgan fingerprint density at radius 2 is 1.89 bits per heavy atom. The van der Waals surface area contributed by atoms with Crippen LogP contribution in [-0.4, -0.2) is 41.8 Å². The lowest BCUT2D eigenvalue weighted by molar-refractivity contribution is -0.139. The number of halogens is 2. The molecular formula is C20H25Cl2NO4. The van der Waals surface area contributed by atoms with Crippen molar-refractivity contribution in [1.82, 2.24) is 4.90 Å². The first kappa shape index (κ1) is 21.6. The molecule has 148 valence electrons. The van der Waals surface area contributed by atoms with Gasteiger partial charge in [0.05, 0.1) is 28.3 Å². The molecule has 1 heterocycles. The highest BCUT2D eigenvalue weighted by molar-refractivity contribution is 6.42. The number of nitrogens with zero attached hydrogens (tertiary/aromatic N) is 1. The highest BCUT2D eigenvalue weighted by Crippen LogP contribution is 2.35. The third-order valence-corrected chi connectivity index (χ3v) is 4.94. The van der Waals surface area contributed by atoms with Crippen molar-refractivity contribution in [2.45, 2.75) is 52.7 Å². The van der Waals surface area contributed by atoms with E-state index in [4.69, 9.17) is 32.7 Å². The summed E-state index contributed by atoms with van der Waals surface area (Å²) in [5.41, 5.74) is 1.42. The summed E-state index contributed by atoms with van der Waals surface area (Å²) in [7, 11) is 0. The van der Waals surface area contributed by atoms with Crippen LogP contribution in [0.4, 0.5) is 4.79 Å². The summed E-state index contributed by atoms with van der Waals surface area (Å²) in [5, 5.41) is 0.852. The van der Waals surface area contributed by atoms with E-state index >= 15 is 0 Å². The van der Waals surface area contributed by atoms with E-state index in [9.17, 15) is 9.59 Å². The second-order valence-corrected chi connectivity index (χ2v) is 8.16. The molecule has 1 aromatic rings. The summed E-state index contributed by atoms with van der Waals surface area (Å²) in [6.07, 6.45) is 0.0281. The molecule has 1 aromatic carbocycles. The highest BCUT2D eigenvalue weighted by Gasteiger charge is 2.36. The van der Waals surface area contributed by atoms with Gasteiger partial charge in [0.15, 0.2) is 0 Å². The van der Waals surface area contributed by atoms with Crippen molar-refractivity contribution in [2.75, 3.05) is 13.2 Å². The quantitative estimate of drug-likeness (QED) is 0.627. The minimum absolute atomic E-state index is 0.246. The predicted octanol–water partition coefficient (Wildman–Crippen LogP) is 5.34. The molecule has 2 rings (SSSR count). The molecular weight excluding hydrogens is 389 g/mol. The monoisotopic (exact) mass is 413 g/mol. The van der Waals surface area contributed by atoms with Crippen molar-refractivity contribution in [3.63, 3.8) is 0 Å². The molecule has 1 atom stereocenters. The molecule has 1 amide bonds. The summed E-state index contributed by atoms with van der Waals surface area (Å²) in [4.78, 5) is 26.8. The summed E-state index contributed by atoms with van der Waals surface area (Å²) >= 11 is 12.2. The fourth-order valence-corrected chi connectivity index (χ4v) is 3.32. The van der Waals surface area contributed by atoms with Gasteiger partial charge in [-0.25, -0.2) is 9.59 Å². The fraction of sp³-hybridized carbons (Fsp3) is 0.500. The van der Waals surface area contributed by atoms with Gasteiger partial charge in [0.25, 0.3) is 0 Å². The van der Waals surface area contributed by atoms with Crippen LogP contribution in [0.15, 0.2) is 23.8 Å². The first-order valence-electron chi connectivity index (χ1n) is 8.90. The van der Waals surface area contributed by atoms with E-state index in [1.807, 2.05) is 26.8 Å². The van der Waals surface area contributed by atoms with Gasteiger partial charge in [0.2, 0.25) is 0 Å². The van der Waals surface area contributed by atoms with Gasteiger partial charge < -0.3 is 14.4 Å². The van der Waals surface area contributed by atoms with E-state index in [-0.39, 0.29) is 6.61 Å². The number of amides is 1. The zero-order chi connectivity index (χ0) is 20.4. The van der Waals surface area contributed by atoms with Crippen LogP contribution in [0.2, 0.25) is 10.0 Å². The molecule has 1 unspecified atom stereocenters. The van der Waals surface area contributed by atoms with E-state index in [1.165, 1.54) is 0 Å². The smallest absolute Gasteiger partial charge is 0.410 e. The molecule has 0 saturated heterocycles. The topological polar surface area (TPSA) is 55.8 Å². The van der Waals surface area contributed by atoms with Crippen molar-refractivity contribution in [3.8, 4) is 0 Å². The second-order valence-electron chi connectivity index (χ2n) is 7.34. The van der Waals surface area contributed by atoms with Crippen LogP contribution in [0.25, 0.3) is 5.57 Å². The largest absolute Gasteiger partial charge is 0.463 e. The van der Waals surface area contributed by atoms with Crippen LogP contribution < -0.4 is 0 Å². The molecule has 0 spiro atoms. The van der Waals surface area contributed by atoms with Crippen molar-refractivity contribution in [2.24, 2.45) is 0 Å². The number of carbonyl (C=O) groups excluding carboxylic acids is 2. The number of benzene rings is 1. The zero-order valence-corrected chi connectivity index (χ0v) is 17.8. The molecule has 1 aliphatic rings. The van der Waals surface area contributed by atoms with Gasteiger partial charge in [-0.15, -0.1) is 0 Å². The fourth-order valence-electron chi connectivity index (χ4n) is 3.02. The van der Waals surface area contributed by atoms with E-state index in [2.05, 4.69) is 0 Å². The number of hydrogen-bond acceptors (Lipinski definition) is 4. The van der Waals surface area contributed by atoms with E-state index in [0.29, 0.717) is 28.6 Å². The minimum Gasteiger partial charge on any atom is -0.463 e. The van der Waals surface area contributed by atoms with Crippen LogP contribution in [0.1, 0.15) is 46.6 Å². The Balaban J connectivity index is 2.46. The van der Waals surface area contributed by atoms with Crippen LogP contribution in [0.5, 0.6) is 0 Å². The Morgan fingerprint density at radius 3 is 2.44 bits per heavy atom. The Hall–Kier alpha value is -1.72. The maximum atomic E-state index is 12.7. The molecule has 27 heavy (non-hydrogen) atoms. The lowest BCUT2D eigenvalue weighted by Gasteiger charge is -2.37. The van der Waals surface area contributed by atoms with Crippen LogP contribution in [0, 0.1) is 0 Å². The number of ether oxygens (including phenoxy) is 2. The molecule has 0 aromatic heterocycles. The first-order valence-corrected chi connectivity index (χ1v) is 9.66. The molecule has 0 N–H and O–H groups in total. The van der Waals surface area contributed by atoms with Crippen LogP contribution >= 0.6 is 23.2 Å². The molecule has 0 saturated carbocycles. The Morgan fingerprint density at radius 1 is 1.22 bits per heavy atom. The van der Waals surface area contributed by atoms with Gasteiger partial charge >= 0.3 is 12.1 Å². The normalized spacial score (nSPS) is 17.7. The van der Waals surface area contributed by atoms with Crippen LogP contribution in [-0.2, 0) is 14.3 Å².